The lowest BCUT2D eigenvalue weighted by Gasteiger charge is -2.34. The Kier molecular flexibility index (Phi) is 11.3. The van der Waals surface area contributed by atoms with Gasteiger partial charge in [0.25, 0.3) is 0 Å². The largest absolute Gasteiger partial charge is 0.478 e. The number of carboxylic acid groups (broad SMARTS) is 2. The highest BCUT2D eigenvalue weighted by molar-refractivity contribution is 9.11. The number of aromatic carboxylic acids is 2. The normalized spacial score (nSPS) is 16.7. The third-order valence-electron chi connectivity index (χ3n) is 7.00. The highest BCUT2D eigenvalue weighted by Crippen LogP contribution is 2.41. The van der Waals surface area contributed by atoms with E-state index in [0.717, 1.165) is 86.3 Å². The molecule has 2 aromatic rings. The van der Waals surface area contributed by atoms with Gasteiger partial charge in [0.1, 0.15) is 0 Å². The lowest BCUT2D eigenvalue weighted by molar-refractivity contribution is 0.0685. The zero-order chi connectivity index (χ0) is 27.1. The van der Waals surface area contributed by atoms with E-state index in [-0.39, 0.29) is 0 Å². The van der Waals surface area contributed by atoms with Gasteiger partial charge in [0, 0.05) is 57.0 Å². The van der Waals surface area contributed by atoms with Gasteiger partial charge in [-0.1, -0.05) is 0 Å². The number of nitrogens with zero attached hydrogens (tertiary/aromatic N) is 2. The molecular weight excluding hydrogens is 580 g/mol. The molecule has 0 saturated carbocycles. The molecular formula is C26H37BrN2O6S2. The van der Waals surface area contributed by atoms with Gasteiger partial charge in [-0.3, -0.25) is 0 Å². The number of ether oxygens (including phenoxy) is 2. The number of halogens is 1. The van der Waals surface area contributed by atoms with Gasteiger partial charge in [-0.05, 0) is 80.4 Å². The maximum absolute atomic E-state index is 11.3. The molecule has 4 rings (SSSR count). The second-order valence-electron chi connectivity index (χ2n) is 9.13. The van der Waals surface area contributed by atoms with Crippen molar-refractivity contribution in [1.82, 2.24) is 0 Å². The number of hydrogen-bond donors (Lipinski definition) is 2. The summed E-state index contributed by atoms with van der Waals surface area (Å²) in [7, 11) is 0. The Bertz CT molecular complexity index is 1060. The third-order valence-corrected chi connectivity index (χ3v) is 10.1. The van der Waals surface area contributed by atoms with Crippen molar-refractivity contribution in [3.8, 4) is 0 Å². The van der Waals surface area contributed by atoms with Crippen molar-refractivity contribution in [3.05, 3.63) is 31.4 Å². The summed E-state index contributed by atoms with van der Waals surface area (Å²) < 4.78 is 11.5. The minimum atomic E-state index is -0.866. The average Bonchev–Trinajstić information content (AvgIpc) is 3.41. The summed E-state index contributed by atoms with van der Waals surface area (Å²) in [6, 6.07) is 0.924. The molecule has 2 aliphatic heterocycles. The van der Waals surface area contributed by atoms with Crippen LogP contribution < -0.4 is 9.80 Å². The predicted molar refractivity (Wildman–Crippen MR) is 153 cm³/mol. The summed E-state index contributed by atoms with van der Waals surface area (Å²) in [5.41, 5.74) is 2.57. The summed E-state index contributed by atoms with van der Waals surface area (Å²) in [5, 5.41) is 22.3. The SMILES string of the molecule is CCN(c1sc(Br)c(C(=O)O)c1C)C1CCOCC1.CCN(c1scc(C(=O)O)c1C)C1CCOCC1. The van der Waals surface area contributed by atoms with Crippen LogP contribution in [0.2, 0.25) is 0 Å². The number of anilines is 2. The molecule has 0 spiro atoms. The van der Waals surface area contributed by atoms with E-state index in [9.17, 15) is 14.7 Å². The second-order valence-corrected chi connectivity index (χ2v) is 12.3. The minimum absolute atomic E-state index is 0.394. The number of thiophene rings is 2. The minimum Gasteiger partial charge on any atom is -0.478 e. The van der Waals surface area contributed by atoms with Gasteiger partial charge in [-0.15, -0.1) is 22.7 Å². The van der Waals surface area contributed by atoms with Gasteiger partial charge in [0.05, 0.1) is 24.9 Å². The number of hydrogen-bond acceptors (Lipinski definition) is 8. The quantitative estimate of drug-likeness (QED) is 0.357. The molecule has 206 valence electrons. The van der Waals surface area contributed by atoms with E-state index >= 15 is 0 Å². The van der Waals surface area contributed by atoms with Crippen molar-refractivity contribution in [3.63, 3.8) is 0 Å². The molecule has 37 heavy (non-hydrogen) atoms. The van der Waals surface area contributed by atoms with E-state index in [1.165, 1.54) is 22.7 Å². The summed E-state index contributed by atoms with van der Waals surface area (Å²) in [5.74, 6) is -1.70. The second kappa shape index (κ2) is 13.9. The molecule has 8 nitrogen and oxygen atoms in total. The maximum Gasteiger partial charge on any atom is 0.338 e. The average molecular weight is 618 g/mol. The number of rotatable bonds is 8. The first-order valence-corrected chi connectivity index (χ1v) is 15.2. The van der Waals surface area contributed by atoms with Crippen LogP contribution in [0.3, 0.4) is 0 Å². The summed E-state index contributed by atoms with van der Waals surface area (Å²) in [6.07, 6.45) is 4.05. The van der Waals surface area contributed by atoms with Crippen LogP contribution in [0.5, 0.6) is 0 Å². The van der Waals surface area contributed by atoms with E-state index in [2.05, 4.69) is 39.6 Å². The Balaban J connectivity index is 0.000000206. The molecule has 11 heteroatoms. The topological polar surface area (TPSA) is 99.5 Å². The summed E-state index contributed by atoms with van der Waals surface area (Å²) in [4.78, 5) is 27.0. The highest BCUT2D eigenvalue weighted by atomic mass is 79.9. The van der Waals surface area contributed by atoms with Crippen LogP contribution in [0.15, 0.2) is 9.17 Å². The zero-order valence-electron chi connectivity index (χ0n) is 21.9. The molecule has 2 aliphatic rings. The van der Waals surface area contributed by atoms with E-state index in [4.69, 9.17) is 14.6 Å². The lowest BCUT2D eigenvalue weighted by Crippen LogP contribution is -2.39. The van der Waals surface area contributed by atoms with Crippen LogP contribution in [0, 0.1) is 13.8 Å². The first-order chi connectivity index (χ1) is 17.7. The van der Waals surface area contributed by atoms with Crippen molar-refractivity contribution in [1.29, 1.82) is 0 Å². The van der Waals surface area contributed by atoms with Crippen molar-refractivity contribution in [2.45, 2.75) is 65.5 Å². The van der Waals surface area contributed by atoms with Gasteiger partial charge in [0.2, 0.25) is 0 Å². The third kappa shape index (κ3) is 7.06. The predicted octanol–water partition coefficient (Wildman–Crippen LogP) is 6.28. The molecule has 0 radical (unpaired) electrons. The lowest BCUT2D eigenvalue weighted by atomic mass is 10.1. The van der Waals surface area contributed by atoms with E-state index in [1.54, 1.807) is 5.38 Å². The fourth-order valence-electron chi connectivity index (χ4n) is 5.01. The molecule has 2 fully saturated rings. The molecule has 0 atom stereocenters. The molecule has 0 amide bonds. The maximum atomic E-state index is 11.3. The van der Waals surface area contributed by atoms with E-state index in [1.807, 2.05) is 13.8 Å². The van der Waals surface area contributed by atoms with Crippen LogP contribution >= 0.6 is 38.6 Å². The molecule has 0 aromatic carbocycles. The smallest absolute Gasteiger partial charge is 0.338 e. The Labute approximate surface area is 235 Å². The van der Waals surface area contributed by atoms with Crippen molar-refractivity contribution < 1.29 is 29.3 Å². The molecule has 0 bridgehead atoms. The fourth-order valence-corrected chi connectivity index (χ4v) is 8.31. The molecule has 2 aromatic heterocycles. The molecule has 2 N–H and O–H groups in total. The van der Waals surface area contributed by atoms with Gasteiger partial charge in [-0.2, -0.15) is 0 Å². The van der Waals surface area contributed by atoms with Crippen LogP contribution in [0.1, 0.15) is 71.4 Å². The van der Waals surface area contributed by atoms with Gasteiger partial charge in [0.15, 0.2) is 0 Å². The highest BCUT2D eigenvalue weighted by Gasteiger charge is 2.27. The fraction of sp³-hybridized carbons (Fsp3) is 0.615. The van der Waals surface area contributed by atoms with E-state index in [0.29, 0.717) is 27.0 Å². The van der Waals surface area contributed by atoms with Crippen LogP contribution in [0.4, 0.5) is 10.0 Å². The molecule has 2 saturated heterocycles. The van der Waals surface area contributed by atoms with Crippen LogP contribution in [-0.2, 0) is 9.47 Å². The Morgan fingerprint density at radius 2 is 1.38 bits per heavy atom. The Hall–Kier alpha value is -1.66. The van der Waals surface area contributed by atoms with Gasteiger partial charge in [-0.25, -0.2) is 9.59 Å². The first-order valence-electron chi connectivity index (χ1n) is 12.7. The molecule has 4 heterocycles. The molecule has 0 aliphatic carbocycles. The number of carbonyl (C=O) groups is 2. The Morgan fingerprint density at radius 1 is 0.892 bits per heavy atom. The van der Waals surface area contributed by atoms with Crippen LogP contribution in [-0.4, -0.2) is 73.8 Å². The molecule has 0 unspecified atom stereocenters. The van der Waals surface area contributed by atoms with E-state index < -0.39 is 11.9 Å². The monoisotopic (exact) mass is 616 g/mol. The van der Waals surface area contributed by atoms with Crippen molar-refractivity contribution in [2.75, 3.05) is 49.3 Å². The summed E-state index contributed by atoms with van der Waals surface area (Å²) >= 11 is 6.43. The van der Waals surface area contributed by atoms with Gasteiger partial charge < -0.3 is 29.5 Å². The number of carboxylic acids is 2. The standard InChI is InChI=1S/C13H18BrNO3S.C13H19NO3S/c1-3-15(9-4-6-18-7-5-9)12-8(2)10(13(16)17)11(14)19-12;1-3-14(10-4-6-17-7-5-10)12-9(2)11(8-18-12)13(15)16/h9H,3-7H2,1-2H3,(H,16,17);8,10H,3-7H2,1-2H3,(H,15,16). The van der Waals surface area contributed by atoms with Crippen molar-refractivity contribution in [2.24, 2.45) is 0 Å². The Morgan fingerprint density at radius 3 is 1.76 bits per heavy atom. The first kappa shape index (κ1) is 29.9. The zero-order valence-corrected chi connectivity index (χ0v) is 25.1. The van der Waals surface area contributed by atoms with Crippen LogP contribution in [0.25, 0.3) is 0 Å². The summed E-state index contributed by atoms with van der Waals surface area (Å²) in [6.45, 7) is 13.0. The van der Waals surface area contributed by atoms with Gasteiger partial charge >= 0.3 is 11.9 Å². The van der Waals surface area contributed by atoms with Crippen molar-refractivity contribution >= 4 is 60.5 Å².